The van der Waals surface area contributed by atoms with Crippen molar-refractivity contribution in [3.8, 4) is 0 Å². The molecule has 0 aliphatic heterocycles. The molecular weight excluding hydrogens is 294 g/mol. The second kappa shape index (κ2) is 8.51. The van der Waals surface area contributed by atoms with E-state index in [1.54, 1.807) is 14.2 Å². The number of aryl methyl sites for hydroxylation is 1. The van der Waals surface area contributed by atoms with Crippen LogP contribution in [0, 0.1) is 6.92 Å². The Bertz CT molecular complexity index is 350. The van der Waals surface area contributed by atoms with Gasteiger partial charge < -0.3 is 14.4 Å². The van der Waals surface area contributed by atoms with E-state index in [1.807, 2.05) is 0 Å². The number of benzene rings is 1. The molecule has 3 nitrogen and oxygen atoms in total. The quantitative estimate of drug-likeness (QED) is 0.688. The Morgan fingerprint density at radius 3 is 2.17 bits per heavy atom. The Labute approximate surface area is 118 Å². The van der Waals surface area contributed by atoms with E-state index >= 15 is 0 Å². The van der Waals surface area contributed by atoms with Gasteiger partial charge in [0, 0.05) is 38.3 Å². The lowest BCUT2D eigenvalue weighted by Gasteiger charge is -2.25. The molecule has 0 aromatic heterocycles. The van der Waals surface area contributed by atoms with Crippen molar-refractivity contribution >= 4 is 21.6 Å². The molecule has 1 rings (SSSR count). The Balaban J connectivity index is 2.79. The van der Waals surface area contributed by atoms with Crippen molar-refractivity contribution < 1.29 is 9.47 Å². The summed E-state index contributed by atoms with van der Waals surface area (Å²) in [6.45, 7) is 5.36. The van der Waals surface area contributed by atoms with Crippen LogP contribution in [0.3, 0.4) is 0 Å². The molecule has 4 heteroatoms. The molecule has 0 saturated heterocycles. The zero-order valence-corrected chi connectivity index (χ0v) is 13.0. The Hall–Kier alpha value is -0.580. The summed E-state index contributed by atoms with van der Waals surface area (Å²) in [5.41, 5.74) is 3.87. The fourth-order valence-corrected chi connectivity index (χ4v) is 2.43. The van der Waals surface area contributed by atoms with E-state index in [0.29, 0.717) is 0 Å². The maximum atomic E-state index is 5.16. The predicted molar refractivity (Wildman–Crippen MR) is 79.8 cm³/mol. The van der Waals surface area contributed by atoms with Gasteiger partial charge in [-0.05, 0) is 30.2 Å². The maximum absolute atomic E-state index is 5.16. The Morgan fingerprint density at radius 2 is 1.72 bits per heavy atom. The van der Waals surface area contributed by atoms with E-state index in [9.17, 15) is 0 Å². The molecule has 0 amide bonds. The molecule has 0 heterocycles. The summed E-state index contributed by atoms with van der Waals surface area (Å²) < 4.78 is 10.3. The van der Waals surface area contributed by atoms with Gasteiger partial charge in [0.15, 0.2) is 0 Å². The molecule has 0 N–H and O–H groups in total. The highest BCUT2D eigenvalue weighted by Gasteiger charge is 2.07. The SMILES string of the molecule is COCCN(CCOC)c1ccc(CBr)c(C)c1. The first-order chi connectivity index (χ1) is 8.72. The summed E-state index contributed by atoms with van der Waals surface area (Å²) in [5.74, 6) is 0. The molecule has 0 aliphatic carbocycles. The molecule has 18 heavy (non-hydrogen) atoms. The molecule has 0 spiro atoms. The smallest absolute Gasteiger partial charge is 0.0637 e. The first-order valence-corrected chi connectivity index (χ1v) is 7.23. The molecule has 0 bridgehead atoms. The zero-order chi connectivity index (χ0) is 13.4. The van der Waals surface area contributed by atoms with Crippen molar-refractivity contribution in [1.29, 1.82) is 0 Å². The summed E-state index contributed by atoms with van der Waals surface area (Å²) in [6, 6.07) is 6.56. The van der Waals surface area contributed by atoms with Crippen LogP contribution in [0.2, 0.25) is 0 Å². The first kappa shape index (κ1) is 15.5. The number of ether oxygens (including phenoxy) is 2. The molecule has 1 aromatic carbocycles. The average molecular weight is 316 g/mol. The topological polar surface area (TPSA) is 21.7 Å². The minimum Gasteiger partial charge on any atom is -0.383 e. The molecule has 0 aliphatic rings. The second-order valence-electron chi connectivity index (χ2n) is 4.22. The summed E-state index contributed by atoms with van der Waals surface area (Å²) in [5, 5.41) is 0.898. The monoisotopic (exact) mass is 315 g/mol. The number of methoxy groups -OCH3 is 2. The third kappa shape index (κ3) is 4.59. The van der Waals surface area contributed by atoms with Crippen LogP contribution in [-0.4, -0.2) is 40.5 Å². The van der Waals surface area contributed by atoms with Gasteiger partial charge in [0.1, 0.15) is 0 Å². The van der Waals surface area contributed by atoms with E-state index in [1.165, 1.54) is 16.8 Å². The van der Waals surface area contributed by atoms with Gasteiger partial charge in [0.25, 0.3) is 0 Å². The molecule has 0 fully saturated rings. The van der Waals surface area contributed by atoms with Crippen LogP contribution in [0.1, 0.15) is 11.1 Å². The number of hydrogen-bond acceptors (Lipinski definition) is 3. The number of alkyl halides is 1. The van der Waals surface area contributed by atoms with Crippen molar-refractivity contribution in [2.24, 2.45) is 0 Å². The van der Waals surface area contributed by atoms with Crippen LogP contribution >= 0.6 is 15.9 Å². The highest BCUT2D eigenvalue weighted by atomic mass is 79.9. The molecule has 0 saturated carbocycles. The lowest BCUT2D eigenvalue weighted by molar-refractivity contribution is 0.190. The van der Waals surface area contributed by atoms with Gasteiger partial charge in [0.05, 0.1) is 13.2 Å². The van der Waals surface area contributed by atoms with Crippen molar-refractivity contribution in [3.63, 3.8) is 0 Å². The van der Waals surface area contributed by atoms with Crippen LogP contribution in [0.5, 0.6) is 0 Å². The van der Waals surface area contributed by atoms with E-state index < -0.39 is 0 Å². The first-order valence-electron chi connectivity index (χ1n) is 6.11. The summed E-state index contributed by atoms with van der Waals surface area (Å²) >= 11 is 3.50. The van der Waals surface area contributed by atoms with E-state index in [0.717, 1.165) is 31.6 Å². The van der Waals surface area contributed by atoms with Crippen molar-refractivity contribution in [1.82, 2.24) is 0 Å². The lowest BCUT2D eigenvalue weighted by atomic mass is 10.1. The molecule has 0 unspecified atom stereocenters. The number of nitrogens with zero attached hydrogens (tertiary/aromatic N) is 1. The van der Waals surface area contributed by atoms with Gasteiger partial charge in [-0.15, -0.1) is 0 Å². The maximum Gasteiger partial charge on any atom is 0.0637 e. The van der Waals surface area contributed by atoms with Gasteiger partial charge >= 0.3 is 0 Å². The van der Waals surface area contributed by atoms with Crippen molar-refractivity contribution in [2.45, 2.75) is 12.3 Å². The van der Waals surface area contributed by atoms with Crippen LogP contribution in [0.25, 0.3) is 0 Å². The standard InChI is InChI=1S/C14H22BrNO2/c1-12-10-14(5-4-13(12)11-15)16(6-8-17-2)7-9-18-3/h4-5,10H,6-9,11H2,1-3H3. The fraction of sp³-hybridized carbons (Fsp3) is 0.571. The zero-order valence-electron chi connectivity index (χ0n) is 11.4. The van der Waals surface area contributed by atoms with Crippen LogP contribution in [0.15, 0.2) is 18.2 Å². The third-order valence-electron chi connectivity index (χ3n) is 2.97. The van der Waals surface area contributed by atoms with Gasteiger partial charge in [-0.2, -0.15) is 0 Å². The molecule has 0 radical (unpaired) electrons. The molecule has 102 valence electrons. The second-order valence-corrected chi connectivity index (χ2v) is 4.78. The summed E-state index contributed by atoms with van der Waals surface area (Å²) in [6.07, 6.45) is 0. The molecular formula is C14H22BrNO2. The normalized spacial score (nSPS) is 10.7. The van der Waals surface area contributed by atoms with E-state index in [2.05, 4.69) is 46.0 Å². The number of rotatable bonds is 8. The van der Waals surface area contributed by atoms with Crippen LogP contribution in [-0.2, 0) is 14.8 Å². The third-order valence-corrected chi connectivity index (χ3v) is 3.57. The minimum absolute atomic E-state index is 0.725. The number of halogens is 1. The lowest BCUT2D eigenvalue weighted by Crippen LogP contribution is -2.30. The van der Waals surface area contributed by atoms with Gasteiger partial charge in [-0.3, -0.25) is 0 Å². The largest absolute Gasteiger partial charge is 0.383 e. The Kier molecular flexibility index (Phi) is 7.32. The average Bonchev–Trinajstić information content (AvgIpc) is 2.39. The predicted octanol–water partition coefficient (Wildman–Crippen LogP) is 2.99. The molecule has 1 aromatic rings. The fourth-order valence-electron chi connectivity index (χ4n) is 1.80. The van der Waals surface area contributed by atoms with Crippen molar-refractivity contribution in [3.05, 3.63) is 29.3 Å². The Morgan fingerprint density at radius 1 is 1.11 bits per heavy atom. The van der Waals surface area contributed by atoms with E-state index in [4.69, 9.17) is 9.47 Å². The van der Waals surface area contributed by atoms with Crippen molar-refractivity contribution in [2.75, 3.05) is 45.4 Å². The van der Waals surface area contributed by atoms with Gasteiger partial charge in [-0.1, -0.05) is 22.0 Å². The highest BCUT2D eigenvalue weighted by Crippen LogP contribution is 2.20. The van der Waals surface area contributed by atoms with Gasteiger partial charge in [-0.25, -0.2) is 0 Å². The summed E-state index contributed by atoms with van der Waals surface area (Å²) in [4.78, 5) is 2.29. The number of hydrogen-bond donors (Lipinski definition) is 0. The number of anilines is 1. The minimum atomic E-state index is 0.725. The van der Waals surface area contributed by atoms with Crippen LogP contribution in [0.4, 0.5) is 5.69 Å². The van der Waals surface area contributed by atoms with Gasteiger partial charge in [0.2, 0.25) is 0 Å². The van der Waals surface area contributed by atoms with Crippen LogP contribution < -0.4 is 4.90 Å². The van der Waals surface area contributed by atoms with E-state index in [-0.39, 0.29) is 0 Å². The molecule has 0 atom stereocenters. The summed E-state index contributed by atoms with van der Waals surface area (Å²) in [7, 11) is 3.46. The highest BCUT2D eigenvalue weighted by molar-refractivity contribution is 9.08.